The maximum absolute atomic E-state index is 12.2. The van der Waals surface area contributed by atoms with E-state index in [0.717, 1.165) is 6.26 Å². The molecule has 5 N–H and O–H groups in total. The molecule has 2 aromatic rings. The highest BCUT2D eigenvalue weighted by atomic mass is 32.2. The maximum Gasteiger partial charge on any atom is 0.392 e. The highest BCUT2D eigenvalue weighted by molar-refractivity contribution is 7.90. The molecule has 0 aliphatic carbocycles. The molecule has 0 saturated carbocycles. The fraction of sp³-hybridized carbons (Fsp3) is 0.350. The summed E-state index contributed by atoms with van der Waals surface area (Å²) in [5.74, 6) is -3.47. The minimum absolute atomic E-state index is 0.0260. The van der Waals surface area contributed by atoms with Gasteiger partial charge in [0.1, 0.15) is 11.8 Å². The summed E-state index contributed by atoms with van der Waals surface area (Å²) in [6, 6.07) is 6.08. The summed E-state index contributed by atoms with van der Waals surface area (Å²) in [4.78, 5) is 35.2. The molecule has 1 aromatic carbocycles. The Balaban J connectivity index is 2.60. The van der Waals surface area contributed by atoms with E-state index in [0.29, 0.717) is 5.69 Å². The molecular formula is C20H24N8O8S. The summed E-state index contributed by atoms with van der Waals surface area (Å²) < 4.78 is 35.2. The Morgan fingerprint density at radius 3 is 2.49 bits per heavy atom. The SMILES string of the molecule is CN(C)c1cc(Oc2nc(S(C)(=O)=O)nc(OC(CCCN=C(N)N)C(=O)O)c2[N+](=O)[O-])ccc1C#N. The quantitative estimate of drug-likeness (QED) is 0.0829. The van der Waals surface area contributed by atoms with Gasteiger partial charge in [0.2, 0.25) is 9.84 Å². The van der Waals surface area contributed by atoms with Gasteiger partial charge in [0.25, 0.3) is 5.16 Å². The molecule has 17 heteroatoms. The average molecular weight is 537 g/mol. The second-order valence-corrected chi connectivity index (χ2v) is 9.58. The van der Waals surface area contributed by atoms with Crippen molar-refractivity contribution in [3.63, 3.8) is 0 Å². The van der Waals surface area contributed by atoms with Crippen LogP contribution in [0.25, 0.3) is 0 Å². The smallest absolute Gasteiger partial charge is 0.392 e. The Kier molecular flexibility index (Phi) is 9.10. The van der Waals surface area contributed by atoms with Gasteiger partial charge in [0.15, 0.2) is 12.1 Å². The largest absolute Gasteiger partial charge is 0.479 e. The number of ether oxygens (including phenoxy) is 2. The third-order valence-corrected chi connectivity index (χ3v) is 5.39. The molecule has 1 unspecified atom stereocenters. The molecule has 1 aromatic heterocycles. The van der Waals surface area contributed by atoms with E-state index in [1.165, 1.54) is 18.2 Å². The van der Waals surface area contributed by atoms with Gasteiger partial charge < -0.3 is 30.9 Å². The number of hydrogen-bond donors (Lipinski definition) is 3. The fourth-order valence-electron chi connectivity index (χ4n) is 2.87. The molecule has 198 valence electrons. The van der Waals surface area contributed by atoms with Crippen LogP contribution in [0, 0.1) is 21.4 Å². The Hall–Kier alpha value is -4.72. The number of carboxylic acids is 1. The highest BCUT2D eigenvalue weighted by Gasteiger charge is 2.34. The molecule has 1 heterocycles. The molecule has 0 aliphatic rings. The standard InChI is InChI=1S/C20H24N8O8S/c1-27(2)13-9-12(7-6-11(13)10-21)35-16-15(28(31)32)17(26-20(25-16)37(3,33)34)36-14(18(29)30)5-4-8-24-19(22)23/h6-7,9,14H,4-5,8H2,1-3H3,(H,29,30)(H4,22,23,24). The highest BCUT2D eigenvalue weighted by Crippen LogP contribution is 2.39. The summed E-state index contributed by atoms with van der Waals surface area (Å²) in [6.45, 7) is 0.0528. The van der Waals surface area contributed by atoms with Gasteiger partial charge in [-0.15, -0.1) is 0 Å². The predicted molar refractivity (Wildman–Crippen MR) is 129 cm³/mol. The first-order chi connectivity index (χ1) is 17.2. The number of aromatic nitrogens is 2. The van der Waals surface area contributed by atoms with Crippen LogP contribution in [0.3, 0.4) is 0 Å². The number of anilines is 1. The van der Waals surface area contributed by atoms with E-state index < -0.39 is 49.4 Å². The van der Waals surface area contributed by atoms with E-state index in [-0.39, 0.29) is 36.7 Å². The fourth-order valence-corrected chi connectivity index (χ4v) is 3.37. The second-order valence-electron chi connectivity index (χ2n) is 7.68. The van der Waals surface area contributed by atoms with Crippen LogP contribution in [0.2, 0.25) is 0 Å². The van der Waals surface area contributed by atoms with Crippen LogP contribution in [-0.4, -0.2) is 73.3 Å². The van der Waals surface area contributed by atoms with Crippen molar-refractivity contribution in [2.24, 2.45) is 16.5 Å². The van der Waals surface area contributed by atoms with E-state index in [1.54, 1.807) is 19.0 Å². The van der Waals surface area contributed by atoms with Crippen molar-refractivity contribution in [3.05, 3.63) is 33.9 Å². The number of nitro groups is 1. The van der Waals surface area contributed by atoms with E-state index in [2.05, 4.69) is 15.0 Å². The number of sulfone groups is 1. The lowest BCUT2D eigenvalue weighted by Crippen LogP contribution is -2.28. The van der Waals surface area contributed by atoms with Crippen LogP contribution in [0.5, 0.6) is 17.5 Å². The van der Waals surface area contributed by atoms with Crippen LogP contribution in [-0.2, 0) is 14.6 Å². The molecule has 0 spiro atoms. The zero-order valence-corrected chi connectivity index (χ0v) is 20.8. The number of guanidine groups is 1. The van der Waals surface area contributed by atoms with Gasteiger partial charge >= 0.3 is 23.4 Å². The lowest BCUT2D eigenvalue weighted by molar-refractivity contribution is -0.387. The Labute approximate surface area is 211 Å². The number of benzene rings is 1. The van der Waals surface area contributed by atoms with Crippen molar-refractivity contribution in [1.29, 1.82) is 5.26 Å². The van der Waals surface area contributed by atoms with Gasteiger partial charge in [-0.05, 0) is 25.0 Å². The summed E-state index contributed by atoms with van der Waals surface area (Å²) in [5.41, 5.74) is 10.1. The lowest BCUT2D eigenvalue weighted by Gasteiger charge is -2.17. The zero-order valence-electron chi connectivity index (χ0n) is 20.0. The first-order valence-corrected chi connectivity index (χ1v) is 12.2. The van der Waals surface area contributed by atoms with Crippen molar-refractivity contribution in [2.75, 3.05) is 31.8 Å². The number of aliphatic imine (C=N–C) groups is 1. The van der Waals surface area contributed by atoms with Crippen LogP contribution in [0.4, 0.5) is 11.4 Å². The Morgan fingerprint density at radius 1 is 1.32 bits per heavy atom. The second kappa shape index (κ2) is 11.8. The van der Waals surface area contributed by atoms with Crippen LogP contribution >= 0.6 is 0 Å². The zero-order chi connectivity index (χ0) is 27.9. The van der Waals surface area contributed by atoms with E-state index >= 15 is 0 Å². The molecule has 0 radical (unpaired) electrons. The Morgan fingerprint density at radius 2 is 1.97 bits per heavy atom. The number of rotatable bonds is 12. The Bertz CT molecular complexity index is 1370. The molecule has 16 nitrogen and oxygen atoms in total. The monoisotopic (exact) mass is 536 g/mol. The lowest BCUT2D eigenvalue weighted by atomic mass is 10.2. The number of nitriles is 1. The predicted octanol–water partition coefficient (Wildman–Crippen LogP) is 0.404. The molecule has 2 rings (SSSR count). The van der Waals surface area contributed by atoms with E-state index in [9.17, 15) is 33.7 Å². The van der Waals surface area contributed by atoms with Crippen LogP contribution in [0.1, 0.15) is 18.4 Å². The number of nitrogens with two attached hydrogens (primary N) is 2. The van der Waals surface area contributed by atoms with Gasteiger partial charge in [-0.25, -0.2) is 13.2 Å². The third-order valence-electron chi connectivity index (χ3n) is 4.55. The number of aliphatic carboxylic acids is 1. The third kappa shape index (κ3) is 7.63. The minimum Gasteiger partial charge on any atom is -0.479 e. The average Bonchev–Trinajstić information content (AvgIpc) is 2.79. The molecule has 0 amide bonds. The van der Waals surface area contributed by atoms with Crippen molar-refractivity contribution in [1.82, 2.24) is 9.97 Å². The number of carbonyl (C=O) groups is 1. The van der Waals surface area contributed by atoms with Crippen LogP contribution in [0.15, 0.2) is 28.3 Å². The van der Waals surface area contributed by atoms with Crippen molar-refractivity contribution >= 4 is 33.1 Å². The van der Waals surface area contributed by atoms with Crippen molar-refractivity contribution in [2.45, 2.75) is 24.1 Å². The van der Waals surface area contributed by atoms with E-state index in [1.807, 2.05) is 6.07 Å². The summed E-state index contributed by atoms with van der Waals surface area (Å²) in [6.07, 6.45) is -0.996. The van der Waals surface area contributed by atoms with Gasteiger partial charge in [0, 0.05) is 33.0 Å². The van der Waals surface area contributed by atoms with Gasteiger partial charge in [-0.2, -0.15) is 15.2 Å². The maximum atomic E-state index is 12.2. The first-order valence-electron chi connectivity index (χ1n) is 10.3. The minimum atomic E-state index is -4.15. The van der Waals surface area contributed by atoms with Gasteiger partial charge in [-0.3, -0.25) is 15.1 Å². The van der Waals surface area contributed by atoms with Crippen LogP contribution < -0.4 is 25.8 Å². The number of hydrogen-bond acceptors (Lipinski definition) is 12. The number of carboxylic acid groups (broad SMARTS) is 1. The molecule has 0 bridgehead atoms. The van der Waals surface area contributed by atoms with Crippen molar-refractivity contribution in [3.8, 4) is 23.6 Å². The molecular weight excluding hydrogens is 512 g/mol. The van der Waals surface area contributed by atoms with Gasteiger partial charge in [-0.1, -0.05) is 0 Å². The molecule has 1 atom stereocenters. The molecule has 0 saturated heterocycles. The summed E-state index contributed by atoms with van der Waals surface area (Å²) >= 11 is 0. The molecule has 0 fully saturated rings. The first kappa shape index (κ1) is 28.5. The number of nitrogens with zero attached hydrogens (tertiary/aromatic N) is 6. The van der Waals surface area contributed by atoms with Crippen molar-refractivity contribution < 1.29 is 32.7 Å². The topological polar surface area (TPSA) is 250 Å². The summed E-state index contributed by atoms with van der Waals surface area (Å²) in [5, 5.41) is 29.9. The van der Waals surface area contributed by atoms with Gasteiger partial charge in [0.05, 0.1) is 16.2 Å². The molecule has 37 heavy (non-hydrogen) atoms. The normalized spacial score (nSPS) is 11.6. The molecule has 0 aliphatic heterocycles. The summed E-state index contributed by atoms with van der Waals surface area (Å²) in [7, 11) is -0.845. The van der Waals surface area contributed by atoms with E-state index in [4.69, 9.17) is 20.9 Å².